The molecule has 0 spiro atoms. The zero-order chi connectivity index (χ0) is 12.4. The van der Waals surface area contributed by atoms with Crippen molar-refractivity contribution in [2.75, 3.05) is 5.32 Å². The summed E-state index contributed by atoms with van der Waals surface area (Å²) in [6, 6.07) is 5.82. The standard InChI is InChI=1S/C14H15N2OS/c17-14(10-4-2-1-3-5-10)16-11-6-7-12-13(8-11)18-9-15-12/h6-8,10H,1-5H2,(H,16,17). The minimum Gasteiger partial charge on any atom is -0.326 e. The van der Waals surface area contributed by atoms with Gasteiger partial charge in [-0.2, -0.15) is 0 Å². The second kappa shape index (κ2) is 5.06. The normalized spacial score (nSPS) is 16.9. The first-order valence-electron chi connectivity index (χ1n) is 6.40. The van der Waals surface area contributed by atoms with E-state index >= 15 is 0 Å². The number of carbonyl (C=O) groups is 1. The van der Waals surface area contributed by atoms with Gasteiger partial charge in [-0.1, -0.05) is 19.3 Å². The highest BCUT2D eigenvalue weighted by Gasteiger charge is 2.21. The smallest absolute Gasteiger partial charge is 0.227 e. The Balaban J connectivity index is 1.72. The number of nitrogens with one attached hydrogen (secondary N) is 1. The van der Waals surface area contributed by atoms with E-state index in [9.17, 15) is 4.79 Å². The Morgan fingerprint density at radius 2 is 2.17 bits per heavy atom. The molecule has 93 valence electrons. The molecule has 0 saturated heterocycles. The maximum absolute atomic E-state index is 12.1. The molecule has 0 atom stereocenters. The Bertz CT molecular complexity index is 558. The quantitative estimate of drug-likeness (QED) is 0.895. The maximum atomic E-state index is 12.1. The van der Waals surface area contributed by atoms with E-state index in [-0.39, 0.29) is 11.8 Å². The van der Waals surface area contributed by atoms with E-state index in [0.717, 1.165) is 28.7 Å². The lowest BCUT2D eigenvalue weighted by Gasteiger charge is -2.20. The molecule has 1 aromatic heterocycles. The number of benzene rings is 1. The van der Waals surface area contributed by atoms with E-state index in [4.69, 9.17) is 0 Å². The fourth-order valence-electron chi connectivity index (χ4n) is 2.50. The minimum absolute atomic E-state index is 0.169. The van der Waals surface area contributed by atoms with E-state index in [0.29, 0.717) is 0 Å². The third kappa shape index (κ3) is 2.38. The Kier molecular flexibility index (Phi) is 3.28. The zero-order valence-electron chi connectivity index (χ0n) is 10.1. The van der Waals surface area contributed by atoms with Crippen molar-refractivity contribution in [1.82, 2.24) is 4.98 Å². The number of anilines is 1. The Labute approximate surface area is 110 Å². The van der Waals surface area contributed by atoms with Gasteiger partial charge >= 0.3 is 0 Å². The number of rotatable bonds is 2. The van der Waals surface area contributed by atoms with Crippen molar-refractivity contribution in [3.8, 4) is 0 Å². The first kappa shape index (κ1) is 11.7. The summed E-state index contributed by atoms with van der Waals surface area (Å²) >= 11 is 1.48. The predicted molar refractivity (Wildman–Crippen MR) is 73.7 cm³/mol. The molecule has 1 heterocycles. The highest BCUT2D eigenvalue weighted by atomic mass is 32.1. The van der Waals surface area contributed by atoms with Crippen LogP contribution in [0.5, 0.6) is 0 Å². The maximum Gasteiger partial charge on any atom is 0.227 e. The molecule has 1 radical (unpaired) electrons. The number of carbonyl (C=O) groups excluding carboxylic acids is 1. The number of thiazole rings is 1. The van der Waals surface area contributed by atoms with Crippen LogP contribution in [0.1, 0.15) is 32.1 Å². The summed E-state index contributed by atoms with van der Waals surface area (Å²) in [6.07, 6.45) is 5.69. The van der Waals surface area contributed by atoms with Gasteiger partial charge in [0, 0.05) is 11.6 Å². The molecular formula is C14H15N2OS. The van der Waals surface area contributed by atoms with Crippen molar-refractivity contribution >= 4 is 33.1 Å². The number of aromatic nitrogens is 1. The number of nitrogens with zero attached hydrogens (tertiary/aromatic N) is 1. The van der Waals surface area contributed by atoms with E-state index in [1.807, 2.05) is 18.2 Å². The van der Waals surface area contributed by atoms with Gasteiger partial charge in [0.2, 0.25) is 5.91 Å². The molecule has 1 N–H and O–H groups in total. The first-order chi connectivity index (χ1) is 8.83. The second-order valence-corrected chi connectivity index (χ2v) is 5.64. The summed E-state index contributed by atoms with van der Waals surface area (Å²) < 4.78 is 1.07. The molecule has 0 bridgehead atoms. The van der Waals surface area contributed by atoms with Crippen LogP contribution in [0, 0.1) is 11.4 Å². The monoisotopic (exact) mass is 259 g/mol. The van der Waals surface area contributed by atoms with Crippen LogP contribution in [0.3, 0.4) is 0 Å². The summed E-state index contributed by atoms with van der Waals surface area (Å²) in [5, 5.41) is 3.02. The molecule has 4 heteroatoms. The average Bonchev–Trinajstić information content (AvgIpc) is 2.87. The highest BCUT2D eigenvalue weighted by molar-refractivity contribution is 7.16. The molecule has 1 amide bonds. The molecule has 0 aliphatic heterocycles. The highest BCUT2D eigenvalue weighted by Crippen LogP contribution is 2.26. The van der Waals surface area contributed by atoms with Gasteiger partial charge in [0.25, 0.3) is 0 Å². The van der Waals surface area contributed by atoms with Gasteiger partial charge in [-0.05, 0) is 31.0 Å². The van der Waals surface area contributed by atoms with Crippen LogP contribution < -0.4 is 5.32 Å². The van der Waals surface area contributed by atoms with Gasteiger partial charge in [0.15, 0.2) is 5.51 Å². The topological polar surface area (TPSA) is 42.0 Å². The second-order valence-electron chi connectivity index (χ2n) is 4.81. The van der Waals surface area contributed by atoms with Crippen LogP contribution in [0.25, 0.3) is 10.2 Å². The van der Waals surface area contributed by atoms with Crippen molar-refractivity contribution in [3.63, 3.8) is 0 Å². The van der Waals surface area contributed by atoms with Crippen molar-refractivity contribution in [2.45, 2.75) is 32.1 Å². The van der Waals surface area contributed by atoms with E-state index < -0.39 is 0 Å². The lowest BCUT2D eigenvalue weighted by Crippen LogP contribution is -2.24. The summed E-state index contributed by atoms with van der Waals surface area (Å²) in [5.74, 6) is 0.366. The Hall–Kier alpha value is -1.42. The van der Waals surface area contributed by atoms with Gasteiger partial charge in [0.05, 0.1) is 10.2 Å². The number of fused-ring (bicyclic) bond motifs is 1. The van der Waals surface area contributed by atoms with Crippen LogP contribution in [-0.4, -0.2) is 10.9 Å². The van der Waals surface area contributed by atoms with Crippen LogP contribution in [0.15, 0.2) is 18.2 Å². The molecule has 1 aliphatic carbocycles. The first-order valence-corrected chi connectivity index (χ1v) is 7.22. The number of hydrogen-bond acceptors (Lipinski definition) is 3. The SMILES string of the molecule is O=C(Nc1ccc2n[c]sc2c1)C1CCCCC1. The van der Waals surface area contributed by atoms with Crippen molar-refractivity contribution in [3.05, 3.63) is 23.7 Å². The van der Waals surface area contributed by atoms with E-state index in [1.54, 1.807) is 0 Å². The van der Waals surface area contributed by atoms with Gasteiger partial charge < -0.3 is 5.32 Å². The summed E-state index contributed by atoms with van der Waals surface area (Å²) in [7, 11) is 0. The summed E-state index contributed by atoms with van der Waals surface area (Å²) in [4.78, 5) is 16.2. The third-order valence-electron chi connectivity index (χ3n) is 3.53. The van der Waals surface area contributed by atoms with E-state index in [1.165, 1.54) is 30.6 Å². The van der Waals surface area contributed by atoms with E-state index in [2.05, 4.69) is 15.8 Å². The number of hydrogen-bond donors (Lipinski definition) is 1. The van der Waals surface area contributed by atoms with Crippen molar-refractivity contribution in [1.29, 1.82) is 0 Å². The summed E-state index contributed by atoms with van der Waals surface area (Å²) in [5.41, 5.74) is 4.67. The molecule has 1 fully saturated rings. The van der Waals surface area contributed by atoms with Gasteiger partial charge in [0.1, 0.15) is 0 Å². The van der Waals surface area contributed by atoms with Crippen LogP contribution in [0.2, 0.25) is 0 Å². The van der Waals surface area contributed by atoms with Crippen LogP contribution in [-0.2, 0) is 4.79 Å². The molecule has 18 heavy (non-hydrogen) atoms. The van der Waals surface area contributed by atoms with Crippen molar-refractivity contribution < 1.29 is 4.79 Å². The third-order valence-corrected chi connectivity index (χ3v) is 4.25. The number of amides is 1. The van der Waals surface area contributed by atoms with Crippen molar-refractivity contribution in [2.24, 2.45) is 5.92 Å². The molecule has 3 nitrogen and oxygen atoms in total. The van der Waals surface area contributed by atoms with Gasteiger partial charge in [-0.15, -0.1) is 11.3 Å². The fourth-order valence-corrected chi connectivity index (χ4v) is 3.14. The van der Waals surface area contributed by atoms with Gasteiger partial charge in [-0.25, -0.2) is 4.98 Å². The van der Waals surface area contributed by atoms with Crippen LogP contribution >= 0.6 is 11.3 Å². The predicted octanol–water partition coefficient (Wildman–Crippen LogP) is 3.62. The average molecular weight is 259 g/mol. The lowest BCUT2D eigenvalue weighted by atomic mass is 9.88. The molecule has 2 aromatic rings. The largest absolute Gasteiger partial charge is 0.326 e. The minimum atomic E-state index is 0.169. The fraction of sp³-hybridized carbons (Fsp3) is 0.429. The Morgan fingerprint density at radius 1 is 1.33 bits per heavy atom. The van der Waals surface area contributed by atoms with Crippen LogP contribution in [0.4, 0.5) is 5.69 Å². The molecule has 1 saturated carbocycles. The molecule has 3 rings (SSSR count). The molecule has 1 aliphatic rings. The lowest BCUT2D eigenvalue weighted by molar-refractivity contribution is -0.120. The molecular weight excluding hydrogens is 244 g/mol. The van der Waals surface area contributed by atoms with Gasteiger partial charge in [-0.3, -0.25) is 4.79 Å². The zero-order valence-corrected chi connectivity index (χ0v) is 10.9. The summed E-state index contributed by atoms with van der Waals surface area (Å²) in [6.45, 7) is 0. The molecule has 0 unspecified atom stereocenters. The Morgan fingerprint density at radius 3 is 3.00 bits per heavy atom. The molecule has 1 aromatic carbocycles.